The first-order chi connectivity index (χ1) is 12.6. The molecule has 1 aromatic heterocycles. The summed E-state index contributed by atoms with van der Waals surface area (Å²) in [5.41, 5.74) is 1.19. The van der Waals surface area contributed by atoms with Crippen molar-refractivity contribution in [3.63, 3.8) is 0 Å². The molecule has 7 nitrogen and oxygen atoms in total. The summed E-state index contributed by atoms with van der Waals surface area (Å²) in [7, 11) is 0. The number of hydrogen-bond donors (Lipinski definition) is 2. The SMILES string of the molecule is CCNC(=NCC(C)Oc1cccc(C)c1)NC1CCc2ncnn2C1.I. The van der Waals surface area contributed by atoms with Crippen LogP contribution >= 0.6 is 24.0 Å². The topological polar surface area (TPSA) is 76.4 Å². The monoisotopic (exact) mass is 484 g/mol. The lowest BCUT2D eigenvalue weighted by atomic mass is 10.1. The number of fused-ring (bicyclic) bond motifs is 1. The molecule has 1 aromatic carbocycles. The lowest BCUT2D eigenvalue weighted by Gasteiger charge is -2.25. The zero-order valence-corrected chi connectivity index (χ0v) is 18.5. The summed E-state index contributed by atoms with van der Waals surface area (Å²) in [5, 5.41) is 11.1. The number of nitrogens with one attached hydrogen (secondary N) is 2. The molecule has 2 aromatic rings. The molecule has 0 bridgehead atoms. The third kappa shape index (κ3) is 6.37. The van der Waals surface area contributed by atoms with Crippen molar-refractivity contribution in [3.05, 3.63) is 42.0 Å². The lowest BCUT2D eigenvalue weighted by Crippen LogP contribution is -2.47. The minimum atomic E-state index is 0. The van der Waals surface area contributed by atoms with Gasteiger partial charge in [-0.3, -0.25) is 0 Å². The predicted molar refractivity (Wildman–Crippen MR) is 118 cm³/mol. The van der Waals surface area contributed by atoms with Crippen LogP contribution in [0.5, 0.6) is 5.75 Å². The van der Waals surface area contributed by atoms with E-state index in [-0.39, 0.29) is 30.1 Å². The molecule has 2 atom stereocenters. The summed E-state index contributed by atoms with van der Waals surface area (Å²) in [6.45, 7) is 8.39. The first-order valence-electron chi connectivity index (χ1n) is 9.29. The maximum atomic E-state index is 5.96. The molecule has 8 heteroatoms. The quantitative estimate of drug-likeness (QED) is 0.375. The zero-order chi connectivity index (χ0) is 18.4. The van der Waals surface area contributed by atoms with Crippen molar-refractivity contribution >= 4 is 29.9 Å². The molecule has 0 radical (unpaired) electrons. The molecule has 27 heavy (non-hydrogen) atoms. The average molecular weight is 484 g/mol. The van der Waals surface area contributed by atoms with E-state index >= 15 is 0 Å². The Morgan fingerprint density at radius 1 is 1.44 bits per heavy atom. The fourth-order valence-corrected chi connectivity index (χ4v) is 3.05. The van der Waals surface area contributed by atoms with Crippen molar-refractivity contribution in [2.75, 3.05) is 13.1 Å². The summed E-state index contributed by atoms with van der Waals surface area (Å²) in [6.07, 6.45) is 3.59. The lowest BCUT2D eigenvalue weighted by molar-refractivity contribution is 0.230. The summed E-state index contributed by atoms with van der Waals surface area (Å²) in [5.74, 6) is 2.77. The summed E-state index contributed by atoms with van der Waals surface area (Å²) >= 11 is 0. The highest BCUT2D eigenvalue weighted by Gasteiger charge is 2.20. The molecule has 3 rings (SSSR count). The molecule has 1 aliphatic rings. The second-order valence-electron chi connectivity index (χ2n) is 6.70. The number of ether oxygens (including phenoxy) is 1. The van der Waals surface area contributed by atoms with E-state index in [1.807, 2.05) is 29.8 Å². The zero-order valence-electron chi connectivity index (χ0n) is 16.2. The van der Waals surface area contributed by atoms with Crippen LogP contribution in [-0.2, 0) is 13.0 Å². The molecule has 2 unspecified atom stereocenters. The first-order valence-corrected chi connectivity index (χ1v) is 9.29. The standard InChI is InChI=1S/C19H28N6O.HI/c1-4-20-19(24-16-8-9-18-22-13-23-25(18)12-16)21-11-15(3)26-17-7-5-6-14(2)10-17;/h5-7,10,13,15-16H,4,8-9,11-12H2,1-3H3,(H2,20,21,24);1H. The van der Waals surface area contributed by atoms with Gasteiger partial charge in [-0.05, 0) is 44.9 Å². The van der Waals surface area contributed by atoms with E-state index in [4.69, 9.17) is 9.73 Å². The molecule has 148 valence electrons. The Morgan fingerprint density at radius 3 is 3.07 bits per heavy atom. The fraction of sp³-hybridized carbons (Fsp3) is 0.526. The Hall–Kier alpha value is -1.84. The summed E-state index contributed by atoms with van der Waals surface area (Å²) in [6, 6.07) is 8.40. The van der Waals surface area contributed by atoms with Crippen LogP contribution < -0.4 is 15.4 Å². The van der Waals surface area contributed by atoms with Gasteiger partial charge in [0.05, 0.1) is 13.1 Å². The number of halogens is 1. The highest BCUT2D eigenvalue weighted by atomic mass is 127. The van der Waals surface area contributed by atoms with Crippen LogP contribution in [0.15, 0.2) is 35.6 Å². The van der Waals surface area contributed by atoms with Gasteiger partial charge >= 0.3 is 0 Å². The van der Waals surface area contributed by atoms with E-state index in [0.717, 1.165) is 43.5 Å². The third-order valence-electron chi connectivity index (χ3n) is 4.32. The minimum Gasteiger partial charge on any atom is -0.489 e. The third-order valence-corrected chi connectivity index (χ3v) is 4.32. The van der Waals surface area contributed by atoms with Crippen LogP contribution in [-0.4, -0.2) is 46.0 Å². The van der Waals surface area contributed by atoms with E-state index in [9.17, 15) is 0 Å². The molecule has 0 spiro atoms. The maximum absolute atomic E-state index is 5.96. The molecule has 2 N–H and O–H groups in total. The minimum absolute atomic E-state index is 0. The van der Waals surface area contributed by atoms with Gasteiger partial charge in [0, 0.05) is 19.0 Å². The van der Waals surface area contributed by atoms with Crippen LogP contribution in [0.25, 0.3) is 0 Å². The van der Waals surface area contributed by atoms with Crippen molar-refractivity contribution in [2.45, 2.75) is 52.3 Å². The van der Waals surface area contributed by atoms with Crippen LogP contribution in [0, 0.1) is 6.92 Å². The number of rotatable bonds is 6. The maximum Gasteiger partial charge on any atom is 0.191 e. The van der Waals surface area contributed by atoms with Gasteiger partial charge in [0.15, 0.2) is 5.96 Å². The van der Waals surface area contributed by atoms with Crippen LogP contribution in [0.2, 0.25) is 0 Å². The van der Waals surface area contributed by atoms with Gasteiger partial charge in [0.25, 0.3) is 0 Å². The second-order valence-corrected chi connectivity index (χ2v) is 6.70. The highest BCUT2D eigenvalue weighted by Crippen LogP contribution is 2.14. The molecule has 2 heterocycles. The summed E-state index contributed by atoms with van der Waals surface area (Å²) in [4.78, 5) is 8.97. The number of benzene rings is 1. The van der Waals surface area contributed by atoms with Gasteiger partial charge in [-0.15, -0.1) is 24.0 Å². The van der Waals surface area contributed by atoms with Crippen molar-refractivity contribution in [3.8, 4) is 5.75 Å². The normalized spacial score (nSPS) is 17.4. The van der Waals surface area contributed by atoms with E-state index in [2.05, 4.69) is 40.6 Å². The number of aryl methyl sites for hydroxylation is 2. The Balaban J connectivity index is 0.00000261. The van der Waals surface area contributed by atoms with Crippen molar-refractivity contribution in [1.29, 1.82) is 0 Å². The van der Waals surface area contributed by atoms with Crippen LogP contribution in [0.3, 0.4) is 0 Å². The number of nitrogens with zero attached hydrogens (tertiary/aromatic N) is 4. The van der Waals surface area contributed by atoms with Gasteiger partial charge in [0.2, 0.25) is 0 Å². The number of guanidine groups is 1. The molecule has 0 saturated carbocycles. The number of hydrogen-bond acceptors (Lipinski definition) is 4. The van der Waals surface area contributed by atoms with Gasteiger partial charge in [-0.1, -0.05) is 12.1 Å². The van der Waals surface area contributed by atoms with Crippen LogP contribution in [0.1, 0.15) is 31.7 Å². The molecule has 0 saturated heterocycles. The first kappa shape index (κ1) is 21.5. The predicted octanol–water partition coefficient (Wildman–Crippen LogP) is 2.54. The molecule has 0 aliphatic carbocycles. The average Bonchev–Trinajstić information content (AvgIpc) is 3.08. The largest absolute Gasteiger partial charge is 0.489 e. The molecule has 1 aliphatic heterocycles. The highest BCUT2D eigenvalue weighted by molar-refractivity contribution is 14.0. The van der Waals surface area contributed by atoms with Crippen molar-refractivity contribution in [2.24, 2.45) is 4.99 Å². The Kier molecular flexibility index (Phi) is 8.33. The van der Waals surface area contributed by atoms with E-state index < -0.39 is 0 Å². The van der Waals surface area contributed by atoms with E-state index in [1.54, 1.807) is 6.33 Å². The summed E-state index contributed by atoms with van der Waals surface area (Å²) < 4.78 is 7.93. The molecular formula is C19H29IN6O. The van der Waals surface area contributed by atoms with Crippen LogP contribution in [0.4, 0.5) is 0 Å². The number of aliphatic imine (C=N–C) groups is 1. The fourth-order valence-electron chi connectivity index (χ4n) is 3.05. The Bertz CT molecular complexity index is 747. The van der Waals surface area contributed by atoms with Gasteiger partial charge in [-0.2, -0.15) is 5.10 Å². The van der Waals surface area contributed by atoms with Gasteiger partial charge in [-0.25, -0.2) is 14.7 Å². The van der Waals surface area contributed by atoms with Gasteiger partial charge in [0.1, 0.15) is 24.0 Å². The van der Waals surface area contributed by atoms with E-state index in [1.165, 1.54) is 5.56 Å². The van der Waals surface area contributed by atoms with Crippen molar-refractivity contribution in [1.82, 2.24) is 25.4 Å². The van der Waals surface area contributed by atoms with Gasteiger partial charge < -0.3 is 15.4 Å². The Morgan fingerprint density at radius 2 is 2.30 bits per heavy atom. The molecular weight excluding hydrogens is 455 g/mol. The Labute approximate surface area is 178 Å². The number of aromatic nitrogens is 3. The molecule has 0 fully saturated rings. The second kappa shape index (κ2) is 10.5. The van der Waals surface area contributed by atoms with Crippen molar-refractivity contribution < 1.29 is 4.74 Å². The molecule has 0 amide bonds. The van der Waals surface area contributed by atoms with E-state index in [0.29, 0.717) is 12.6 Å². The smallest absolute Gasteiger partial charge is 0.191 e.